The van der Waals surface area contributed by atoms with Gasteiger partial charge in [-0.2, -0.15) is 0 Å². The highest BCUT2D eigenvalue weighted by Gasteiger charge is 2.15. The molecule has 0 aliphatic carbocycles. The predicted octanol–water partition coefficient (Wildman–Crippen LogP) is 2.46. The molecule has 1 aromatic heterocycles. The molecule has 5 heteroatoms. The van der Waals surface area contributed by atoms with Crippen LogP contribution >= 0.6 is 0 Å². The zero-order valence-corrected chi connectivity index (χ0v) is 10.7. The van der Waals surface area contributed by atoms with Crippen LogP contribution in [0.5, 0.6) is 0 Å². The number of carbonyl (C=O) groups is 1. The summed E-state index contributed by atoms with van der Waals surface area (Å²) in [5.41, 5.74) is -0.579. The van der Waals surface area contributed by atoms with Crippen LogP contribution in [0.4, 0.5) is 4.39 Å². The zero-order valence-electron chi connectivity index (χ0n) is 10.7. The van der Waals surface area contributed by atoms with Crippen LogP contribution in [-0.4, -0.2) is 11.9 Å². The normalized spacial score (nSPS) is 12.4. The number of hydrogen-bond acceptors (Lipinski definition) is 3. The minimum Gasteiger partial charge on any atom is -0.422 e. The van der Waals surface area contributed by atoms with Crippen molar-refractivity contribution in [1.82, 2.24) is 5.32 Å². The zero-order chi connectivity index (χ0) is 14.0. The molecule has 2 aromatic rings. The maximum atomic E-state index is 13.1. The number of amides is 1. The molecule has 2 rings (SSSR count). The van der Waals surface area contributed by atoms with Crippen molar-refractivity contribution in [2.45, 2.75) is 26.3 Å². The predicted molar refractivity (Wildman–Crippen MR) is 69.7 cm³/mol. The summed E-state index contributed by atoms with van der Waals surface area (Å²) in [4.78, 5) is 23.6. The highest BCUT2D eigenvalue weighted by molar-refractivity contribution is 5.96. The molecule has 0 bridgehead atoms. The Morgan fingerprint density at radius 2 is 2.16 bits per heavy atom. The molecule has 0 saturated carbocycles. The van der Waals surface area contributed by atoms with Crippen LogP contribution in [0.2, 0.25) is 0 Å². The van der Waals surface area contributed by atoms with Crippen LogP contribution < -0.4 is 10.9 Å². The van der Waals surface area contributed by atoms with E-state index in [-0.39, 0.29) is 17.2 Å². The second-order valence-corrected chi connectivity index (χ2v) is 4.41. The van der Waals surface area contributed by atoms with Crippen LogP contribution in [0.15, 0.2) is 33.5 Å². The quantitative estimate of drug-likeness (QED) is 0.865. The van der Waals surface area contributed by atoms with E-state index in [1.807, 2.05) is 13.8 Å². The lowest BCUT2D eigenvalue weighted by atomic mass is 10.1. The molecule has 1 heterocycles. The molecular formula is C14H14FNO3. The molecule has 1 atom stereocenters. The molecule has 1 aromatic carbocycles. The van der Waals surface area contributed by atoms with Gasteiger partial charge in [0.1, 0.15) is 17.0 Å². The van der Waals surface area contributed by atoms with E-state index in [0.29, 0.717) is 5.39 Å². The Bertz CT molecular complexity index is 678. The fraction of sp³-hybridized carbons (Fsp3) is 0.286. The Kier molecular flexibility index (Phi) is 3.64. The highest BCUT2D eigenvalue weighted by Crippen LogP contribution is 2.15. The topological polar surface area (TPSA) is 59.3 Å². The average Bonchev–Trinajstić information content (AvgIpc) is 2.38. The van der Waals surface area contributed by atoms with Crippen molar-refractivity contribution < 1.29 is 13.6 Å². The third-order valence-electron chi connectivity index (χ3n) is 2.93. The number of rotatable bonds is 3. The van der Waals surface area contributed by atoms with Crippen molar-refractivity contribution in [2.75, 3.05) is 0 Å². The van der Waals surface area contributed by atoms with Crippen LogP contribution in [0.25, 0.3) is 11.0 Å². The summed E-state index contributed by atoms with van der Waals surface area (Å²) in [7, 11) is 0. The van der Waals surface area contributed by atoms with Crippen LogP contribution in [0, 0.1) is 5.82 Å². The molecule has 0 radical (unpaired) electrons. The van der Waals surface area contributed by atoms with Gasteiger partial charge >= 0.3 is 5.63 Å². The lowest BCUT2D eigenvalue weighted by molar-refractivity contribution is 0.0935. The second-order valence-electron chi connectivity index (χ2n) is 4.41. The van der Waals surface area contributed by atoms with Crippen molar-refractivity contribution in [1.29, 1.82) is 0 Å². The van der Waals surface area contributed by atoms with E-state index >= 15 is 0 Å². The molecular weight excluding hydrogens is 249 g/mol. The summed E-state index contributed by atoms with van der Waals surface area (Å²) in [6.45, 7) is 3.75. The van der Waals surface area contributed by atoms with Gasteiger partial charge in [-0.3, -0.25) is 4.79 Å². The minimum atomic E-state index is -0.722. The number of hydrogen-bond donors (Lipinski definition) is 1. The summed E-state index contributed by atoms with van der Waals surface area (Å²) in [5.74, 6) is -0.955. The lowest BCUT2D eigenvalue weighted by Gasteiger charge is -2.10. The van der Waals surface area contributed by atoms with Crippen molar-refractivity contribution in [3.63, 3.8) is 0 Å². The van der Waals surface area contributed by atoms with Gasteiger partial charge in [-0.15, -0.1) is 0 Å². The van der Waals surface area contributed by atoms with Crippen molar-refractivity contribution in [2.24, 2.45) is 0 Å². The van der Waals surface area contributed by atoms with Crippen LogP contribution in [0.3, 0.4) is 0 Å². The Morgan fingerprint density at radius 1 is 1.42 bits per heavy atom. The standard InChI is InChI=1S/C14H14FNO3/c1-3-8(2)16-13(17)11-7-9-6-10(15)4-5-12(9)19-14(11)18/h4-8H,3H2,1-2H3,(H,16,17). The van der Waals surface area contributed by atoms with E-state index < -0.39 is 17.3 Å². The van der Waals surface area contributed by atoms with E-state index in [9.17, 15) is 14.0 Å². The van der Waals surface area contributed by atoms with Crippen molar-refractivity contribution in [3.05, 3.63) is 46.1 Å². The number of fused-ring (bicyclic) bond motifs is 1. The number of carbonyl (C=O) groups excluding carboxylic acids is 1. The first kappa shape index (κ1) is 13.3. The van der Waals surface area contributed by atoms with E-state index in [4.69, 9.17) is 4.42 Å². The molecule has 0 fully saturated rings. The fourth-order valence-electron chi connectivity index (χ4n) is 1.66. The molecule has 0 aliphatic rings. The maximum absolute atomic E-state index is 13.1. The first-order valence-electron chi connectivity index (χ1n) is 6.05. The molecule has 19 heavy (non-hydrogen) atoms. The number of halogens is 1. The van der Waals surface area contributed by atoms with Gasteiger partial charge in [0.25, 0.3) is 5.91 Å². The van der Waals surface area contributed by atoms with Gasteiger partial charge in [-0.1, -0.05) is 6.92 Å². The van der Waals surface area contributed by atoms with Crippen molar-refractivity contribution in [3.8, 4) is 0 Å². The molecule has 0 spiro atoms. The summed E-state index contributed by atoms with van der Waals surface area (Å²) < 4.78 is 18.1. The SMILES string of the molecule is CCC(C)NC(=O)c1cc2cc(F)ccc2oc1=O. The van der Waals surface area contributed by atoms with E-state index in [0.717, 1.165) is 6.42 Å². The Labute approximate surface area is 109 Å². The van der Waals surface area contributed by atoms with Crippen LogP contribution in [0.1, 0.15) is 30.6 Å². The molecule has 0 saturated heterocycles. The summed E-state index contributed by atoms with van der Waals surface area (Å²) in [6, 6.07) is 5.09. The minimum absolute atomic E-state index is 0.0462. The van der Waals surface area contributed by atoms with Gasteiger partial charge in [0.05, 0.1) is 0 Å². The molecule has 1 unspecified atom stereocenters. The van der Waals surface area contributed by atoms with Gasteiger partial charge in [0.2, 0.25) is 0 Å². The third kappa shape index (κ3) is 2.81. The van der Waals surface area contributed by atoms with Gasteiger partial charge in [-0.05, 0) is 37.6 Å². The molecule has 100 valence electrons. The maximum Gasteiger partial charge on any atom is 0.349 e. The Morgan fingerprint density at radius 3 is 2.84 bits per heavy atom. The molecule has 1 N–H and O–H groups in total. The molecule has 4 nitrogen and oxygen atoms in total. The fourth-order valence-corrected chi connectivity index (χ4v) is 1.66. The van der Waals surface area contributed by atoms with E-state index in [2.05, 4.69) is 5.32 Å². The first-order valence-corrected chi connectivity index (χ1v) is 6.05. The summed E-state index contributed by atoms with van der Waals surface area (Å²) in [5, 5.41) is 3.06. The van der Waals surface area contributed by atoms with Gasteiger partial charge < -0.3 is 9.73 Å². The summed E-state index contributed by atoms with van der Waals surface area (Å²) in [6.07, 6.45) is 0.749. The Hall–Kier alpha value is -2.17. The highest BCUT2D eigenvalue weighted by atomic mass is 19.1. The smallest absolute Gasteiger partial charge is 0.349 e. The Balaban J connectivity index is 2.46. The van der Waals surface area contributed by atoms with Gasteiger partial charge in [0.15, 0.2) is 0 Å². The number of nitrogens with one attached hydrogen (secondary N) is 1. The monoisotopic (exact) mass is 263 g/mol. The second kappa shape index (κ2) is 5.22. The summed E-state index contributed by atoms with van der Waals surface area (Å²) >= 11 is 0. The first-order chi connectivity index (χ1) is 9.01. The van der Waals surface area contributed by atoms with E-state index in [1.54, 1.807) is 0 Å². The van der Waals surface area contributed by atoms with Crippen LogP contribution in [-0.2, 0) is 0 Å². The van der Waals surface area contributed by atoms with Crippen molar-refractivity contribution >= 4 is 16.9 Å². The molecule has 0 aliphatic heterocycles. The third-order valence-corrected chi connectivity index (χ3v) is 2.93. The number of benzene rings is 1. The lowest BCUT2D eigenvalue weighted by Crippen LogP contribution is -2.34. The molecule has 1 amide bonds. The van der Waals surface area contributed by atoms with Gasteiger partial charge in [-0.25, -0.2) is 9.18 Å². The van der Waals surface area contributed by atoms with Gasteiger partial charge in [0, 0.05) is 11.4 Å². The largest absolute Gasteiger partial charge is 0.422 e. The average molecular weight is 263 g/mol. The van der Waals surface area contributed by atoms with E-state index in [1.165, 1.54) is 24.3 Å².